The second kappa shape index (κ2) is 7.15. The van der Waals surface area contributed by atoms with Crippen molar-refractivity contribution in [3.63, 3.8) is 0 Å². The average Bonchev–Trinajstić information content (AvgIpc) is 2.61. The Balaban J connectivity index is 1.74. The molecule has 0 aliphatic carbocycles. The minimum atomic E-state index is 0.0646. The first-order valence-corrected chi connectivity index (χ1v) is 7.33. The number of aliphatic hydroxyl groups is 1. The van der Waals surface area contributed by atoms with E-state index in [9.17, 15) is 0 Å². The predicted octanol–water partition coefficient (Wildman–Crippen LogP) is 0.779. The molecule has 7 nitrogen and oxygen atoms in total. The van der Waals surface area contributed by atoms with Gasteiger partial charge in [-0.15, -0.1) is 0 Å². The molecule has 0 bridgehead atoms. The summed E-state index contributed by atoms with van der Waals surface area (Å²) in [7, 11) is 0. The van der Waals surface area contributed by atoms with Crippen LogP contribution < -0.4 is 10.2 Å². The van der Waals surface area contributed by atoms with Crippen molar-refractivity contribution in [2.24, 2.45) is 0 Å². The van der Waals surface area contributed by atoms with Gasteiger partial charge in [-0.2, -0.15) is 0 Å². The van der Waals surface area contributed by atoms with Gasteiger partial charge >= 0.3 is 0 Å². The average molecular weight is 301 g/mol. The van der Waals surface area contributed by atoms with Crippen molar-refractivity contribution in [1.82, 2.24) is 15.0 Å². The Bertz CT molecular complexity index is 599. The van der Waals surface area contributed by atoms with E-state index in [2.05, 4.69) is 25.2 Å². The van der Waals surface area contributed by atoms with Crippen molar-refractivity contribution < 1.29 is 9.84 Å². The molecule has 0 spiro atoms. The molecule has 1 saturated heterocycles. The number of morpholine rings is 1. The van der Waals surface area contributed by atoms with Crippen LogP contribution in [0, 0.1) is 0 Å². The number of aromatic nitrogens is 3. The lowest BCUT2D eigenvalue weighted by Crippen LogP contribution is -2.36. The van der Waals surface area contributed by atoms with Gasteiger partial charge in [0.25, 0.3) is 0 Å². The van der Waals surface area contributed by atoms with E-state index in [1.54, 1.807) is 0 Å². The van der Waals surface area contributed by atoms with E-state index in [0.717, 1.165) is 43.4 Å². The lowest BCUT2D eigenvalue weighted by molar-refractivity contribution is 0.122. The van der Waals surface area contributed by atoms with Gasteiger partial charge < -0.3 is 20.1 Å². The van der Waals surface area contributed by atoms with Gasteiger partial charge in [0.15, 0.2) is 0 Å². The Labute approximate surface area is 129 Å². The lowest BCUT2D eigenvalue weighted by Gasteiger charge is -2.27. The molecule has 0 saturated carbocycles. The molecular weight excluding hydrogens is 282 g/mol. The molecule has 0 amide bonds. The van der Waals surface area contributed by atoms with Crippen LogP contribution in [0.2, 0.25) is 0 Å². The van der Waals surface area contributed by atoms with Crippen molar-refractivity contribution in [2.75, 3.05) is 49.7 Å². The van der Waals surface area contributed by atoms with Gasteiger partial charge in [0.1, 0.15) is 18.0 Å². The predicted molar refractivity (Wildman–Crippen MR) is 83.9 cm³/mol. The summed E-state index contributed by atoms with van der Waals surface area (Å²) in [5, 5.41) is 11.9. The molecule has 2 N–H and O–H groups in total. The molecule has 22 heavy (non-hydrogen) atoms. The number of nitrogens with one attached hydrogen (secondary N) is 1. The highest BCUT2D eigenvalue weighted by molar-refractivity contribution is 5.62. The monoisotopic (exact) mass is 301 g/mol. The standard InChI is InChI=1S/C15H19N5O2/c21-6-3-16-14-9-13(18-11-19-14)12-1-2-15(17-10-12)20-4-7-22-8-5-20/h1-2,9-11,21H,3-8H2,(H,16,18,19). The van der Waals surface area contributed by atoms with Crippen LogP contribution in [0.5, 0.6) is 0 Å². The van der Waals surface area contributed by atoms with Crippen LogP contribution in [0.25, 0.3) is 11.3 Å². The minimum Gasteiger partial charge on any atom is -0.395 e. The lowest BCUT2D eigenvalue weighted by atomic mass is 10.2. The van der Waals surface area contributed by atoms with Gasteiger partial charge in [0.2, 0.25) is 0 Å². The SMILES string of the molecule is OCCNc1cc(-c2ccc(N3CCOCC3)nc2)ncn1. The van der Waals surface area contributed by atoms with E-state index in [1.807, 2.05) is 24.4 Å². The quantitative estimate of drug-likeness (QED) is 0.844. The number of anilines is 2. The fourth-order valence-electron chi connectivity index (χ4n) is 2.31. The van der Waals surface area contributed by atoms with Crippen LogP contribution >= 0.6 is 0 Å². The highest BCUT2D eigenvalue weighted by Gasteiger charge is 2.12. The first-order chi connectivity index (χ1) is 10.9. The van der Waals surface area contributed by atoms with Crippen LogP contribution in [0.1, 0.15) is 0 Å². The van der Waals surface area contributed by atoms with Crippen molar-refractivity contribution in [2.45, 2.75) is 0 Å². The van der Waals surface area contributed by atoms with Gasteiger partial charge in [-0.1, -0.05) is 0 Å². The summed E-state index contributed by atoms with van der Waals surface area (Å²) in [5.41, 5.74) is 1.74. The second-order valence-corrected chi connectivity index (χ2v) is 4.94. The first-order valence-electron chi connectivity index (χ1n) is 7.33. The number of pyridine rings is 1. The molecule has 116 valence electrons. The van der Waals surface area contributed by atoms with Crippen molar-refractivity contribution in [1.29, 1.82) is 0 Å². The molecule has 1 aliphatic rings. The van der Waals surface area contributed by atoms with Gasteiger partial charge in [0, 0.05) is 37.5 Å². The van der Waals surface area contributed by atoms with Gasteiger partial charge in [-0.3, -0.25) is 0 Å². The molecule has 2 aromatic heterocycles. The summed E-state index contributed by atoms with van der Waals surface area (Å²) >= 11 is 0. The molecular formula is C15H19N5O2. The number of ether oxygens (including phenoxy) is 1. The fourth-order valence-corrected chi connectivity index (χ4v) is 2.31. The molecule has 1 aliphatic heterocycles. The molecule has 3 rings (SSSR count). The van der Waals surface area contributed by atoms with E-state index in [1.165, 1.54) is 6.33 Å². The van der Waals surface area contributed by atoms with Crippen molar-refractivity contribution in [3.8, 4) is 11.3 Å². The van der Waals surface area contributed by atoms with Gasteiger partial charge in [-0.25, -0.2) is 15.0 Å². The maximum absolute atomic E-state index is 8.84. The maximum Gasteiger partial charge on any atom is 0.130 e. The van der Waals surface area contributed by atoms with E-state index in [4.69, 9.17) is 9.84 Å². The molecule has 0 radical (unpaired) electrons. The summed E-state index contributed by atoms with van der Waals surface area (Å²) in [5.74, 6) is 1.65. The summed E-state index contributed by atoms with van der Waals surface area (Å²) in [6.45, 7) is 3.76. The number of hydrogen-bond acceptors (Lipinski definition) is 7. The third kappa shape index (κ3) is 3.49. The molecule has 7 heteroatoms. The van der Waals surface area contributed by atoms with Gasteiger partial charge in [-0.05, 0) is 12.1 Å². The fraction of sp³-hybridized carbons (Fsp3) is 0.400. The zero-order valence-electron chi connectivity index (χ0n) is 12.3. The molecule has 1 fully saturated rings. The molecule has 3 heterocycles. The number of nitrogens with zero attached hydrogens (tertiary/aromatic N) is 4. The minimum absolute atomic E-state index is 0.0646. The molecule has 0 aromatic carbocycles. The number of aliphatic hydroxyl groups excluding tert-OH is 1. The Morgan fingerprint density at radius 3 is 2.77 bits per heavy atom. The van der Waals surface area contributed by atoms with Crippen LogP contribution in [0.15, 0.2) is 30.7 Å². The Hall–Kier alpha value is -2.25. The van der Waals surface area contributed by atoms with Crippen LogP contribution in [0.3, 0.4) is 0 Å². The van der Waals surface area contributed by atoms with E-state index in [-0.39, 0.29) is 6.61 Å². The van der Waals surface area contributed by atoms with E-state index >= 15 is 0 Å². The molecule has 0 unspecified atom stereocenters. The highest BCUT2D eigenvalue weighted by Crippen LogP contribution is 2.21. The normalized spacial score (nSPS) is 14.9. The Kier molecular flexibility index (Phi) is 4.77. The molecule has 0 atom stereocenters. The summed E-state index contributed by atoms with van der Waals surface area (Å²) in [6.07, 6.45) is 3.33. The summed E-state index contributed by atoms with van der Waals surface area (Å²) < 4.78 is 5.35. The smallest absolute Gasteiger partial charge is 0.130 e. The van der Waals surface area contributed by atoms with Crippen LogP contribution in [-0.4, -0.2) is 59.5 Å². The molecule has 2 aromatic rings. The zero-order chi connectivity index (χ0) is 15.2. The number of hydrogen-bond donors (Lipinski definition) is 2. The van der Waals surface area contributed by atoms with E-state index < -0.39 is 0 Å². The Morgan fingerprint density at radius 1 is 1.18 bits per heavy atom. The Morgan fingerprint density at radius 2 is 2.05 bits per heavy atom. The third-order valence-electron chi connectivity index (χ3n) is 3.46. The largest absolute Gasteiger partial charge is 0.395 e. The van der Waals surface area contributed by atoms with Crippen molar-refractivity contribution in [3.05, 3.63) is 30.7 Å². The second-order valence-electron chi connectivity index (χ2n) is 4.94. The van der Waals surface area contributed by atoms with Crippen molar-refractivity contribution >= 4 is 11.6 Å². The van der Waals surface area contributed by atoms with E-state index in [0.29, 0.717) is 12.4 Å². The maximum atomic E-state index is 8.84. The first kappa shape index (κ1) is 14.7. The highest BCUT2D eigenvalue weighted by atomic mass is 16.5. The number of rotatable bonds is 5. The van der Waals surface area contributed by atoms with Gasteiger partial charge in [0.05, 0.1) is 25.5 Å². The summed E-state index contributed by atoms with van der Waals surface area (Å²) in [4.78, 5) is 15.1. The van der Waals surface area contributed by atoms with Crippen LogP contribution in [-0.2, 0) is 4.74 Å². The summed E-state index contributed by atoms with van der Waals surface area (Å²) in [6, 6.07) is 5.86. The third-order valence-corrected chi connectivity index (χ3v) is 3.46. The van der Waals surface area contributed by atoms with Crippen LogP contribution in [0.4, 0.5) is 11.6 Å². The zero-order valence-corrected chi connectivity index (χ0v) is 12.3. The topological polar surface area (TPSA) is 83.4 Å².